The number of hydrogen-bond acceptors (Lipinski definition) is 4. The van der Waals surface area contributed by atoms with Crippen molar-refractivity contribution >= 4 is 33.3 Å². The Balaban J connectivity index is 2.59. The summed E-state index contributed by atoms with van der Waals surface area (Å²) in [5, 5.41) is 0.199. The highest BCUT2D eigenvalue weighted by Crippen LogP contribution is 2.32. The first-order chi connectivity index (χ1) is 11.8. The molecule has 2 rings (SSSR count). The Kier molecular flexibility index (Phi) is 5.87. The van der Waals surface area contributed by atoms with Crippen LogP contribution in [0.15, 0.2) is 60.0 Å². The van der Waals surface area contributed by atoms with Crippen molar-refractivity contribution in [2.75, 3.05) is 18.0 Å². The number of aryl methyl sites for hydroxylation is 1. The first-order valence-electron chi connectivity index (χ1n) is 7.39. The monoisotopic (exact) mass is 379 g/mol. The Labute approximate surface area is 152 Å². The van der Waals surface area contributed by atoms with Gasteiger partial charge in [-0.1, -0.05) is 35.4 Å². The van der Waals surface area contributed by atoms with Crippen LogP contribution in [0.1, 0.15) is 15.9 Å². The molecule has 25 heavy (non-hydrogen) atoms. The van der Waals surface area contributed by atoms with E-state index in [0.717, 1.165) is 9.87 Å². The number of rotatable bonds is 6. The van der Waals surface area contributed by atoms with E-state index in [1.807, 2.05) is 6.92 Å². The Morgan fingerprint density at radius 3 is 2.44 bits per heavy atom. The first kappa shape index (κ1) is 19.0. The fourth-order valence-corrected chi connectivity index (χ4v) is 3.95. The zero-order valence-corrected chi connectivity index (χ0v) is 15.5. The molecule has 0 aliphatic heterocycles. The summed E-state index contributed by atoms with van der Waals surface area (Å²) in [6.07, 6.45) is 1.45. The lowest BCUT2D eigenvalue weighted by molar-refractivity contribution is 0.0600. The summed E-state index contributed by atoms with van der Waals surface area (Å²) in [6, 6.07) is 10.8. The van der Waals surface area contributed by atoms with Crippen LogP contribution in [0.4, 0.5) is 5.69 Å². The maximum atomic E-state index is 13.0. The van der Waals surface area contributed by atoms with E-state index in [-0.39, 0.29) is 27.7 Å². The fourth-order valence-electron chi connectivity index (χ4n) is 2.23. The van der Waals surface area contributed by atoms with Crippen molar-refractivity contribution in [1.29, 1.82) is 0 Å². The molecule has 0 aromatic heterocycles. The number of sulfonamides is 1. The highest BCUT2D eigenvalue weighted by molar-refractivity contribution is 7.92. The van der Waals surface area contributed by atoms with Gasteiger partial charge in [0.05, 0.1) is 34.8 Å². The van der Waals surface area contributed by atoms with E-state index < -0.39 is 16.0 Å². The van der Waals surface area contributed by atoms with Crippen LogP contribution in [0.2, 0.25) is 5.02 Å². The van der Waals surface area contributed by atoms with Gasteiger partial charge in [0.2, 0.25) is 0 Å². The third-order valence-electron chi connectivity index (χ3n) is 3.54. The quantitative estimate of drug-likeness (QED) is 0.565. The number of carbonyl (C=O) groups is 1. The molecule has 5 nitrogen and oxygen atoms in total. The molecule has 0 heterocycles. The van der Waals surface area contributed by atoms with Crippen LogP contribution in [-0.2, 0) is 14.8 Å². The van der Waals surface area contributed by atoms with E-state index >= 15 is 0 Å². The average molecular weight is 380 g/mol. The summed E-state index contributed by atoms with van der Waals surface area (Å²) >= 11 is 6.20. The molecule has 0 bridgehead atoms. The van der Waals surface area contributed by atoms with Crippen molar-refractivity contribution < 1.29 is 17.9 Å². The van der Waals surface area contributed by atoms with Crippen LogP contribution in [0, 0.1) is 6.92 Å². The van der Waals surface area contributed by atoms with Gasteiger partial charge in [-0.3, -0.25) is 4.31 Å². The average Bonchev–Trinajstić information content (AvgIpc) is 2.60. The molecule has 0 aliphatic rings. The number of nitrogens with zero attached hydrogens (tertiary/aromatic N) is 1. The summed E-state index contributed by atoms with van der Waals surface area (Å²) < 4.78 is 31.9. The van der Waals surface area contributed by atoms with Crippen LogP contribution < -0.4 is 4.31 Å². The van der Waals surface area contributed by atoms with Crippen LogP contribution in [-0.4, -0.2) is 28.0 Å². The van der Waals surface area contributed by atoms with Crippen molar-refractivity contribution in [2.45, 2.75) is 11.8 Å². The molecule has 0 saturated carbocycles. The van der Waals surface area contributed by atoms with E-state index in [4.69, 9.17) is 11.6 Å². The lowest BCUT2D eigenvalue weighted by Crippen LogP contribution is -2.31. The molecule has 0 fully saturated rings. The fraction of sp³-hybridized carbons (Fsp3) is 0.167. The van der Waals surface area contributed by atoms with E-state index in [1.54, 1.807) is 12.1 Å². The number of ether oxygens (including phenoxy) is 1. The molecular weight excluding hydrogens is 362 g/mol. The van der Waals surface area contributed by atoms with E-state index in [0.29, 0.717) is 0 Å². The maximum absolute atomic E-state index is 13.0. The van der Waals surface area contributed by atoms with Gasteiger partial charge in [-0.25, -0.2) is 13.2 Å². The second-order valence-electron chi connectivity index (χ2n) is 5.30. The minimum atomic E-state index is -3.88. The van der Waals surface area contributed by atoms with Crippen LogP contribution in [0.3, 0.4) is 0 Å². The molecule has 0 spiro atoms. The van der Waals surface area contributed by atoms with Gasteiger partial charge in [0.1, 0.15) is 0 Å². The van der Waals surface area contributed by atoms with Crippen LogP contribution >= 0.6 is 11.6 Å². The standard InChI is InChI=1S/C18H18ClNO4S/c1-4-11-20(25(22,23)15-8-5-13(2)6-9-15)17-12-14(18(21)24-3)7-10-16(17)19/h4-10,12H,1,11H2,2-3H3. The zero-order valence-electron chi connectivity index (χ0n) is 13.9. The highest BCUT2D eigenvalue weighted by Gasteiger charge is 2.26. The minimum absolute atomic E-state index is 0.000551. The first-order valence-corrected chi connectivity index (χ1v) is 9.21. The Bertz CT molecular complexity index is 892. The second-order valence-corrected chi connectivity index (χ2v) is 7.57. The lowest BCUT2D eigenvalue weighted by Gasteiger charge is -2.24. The van der Waals surface area contributed by atoms with Gasteiger partial charge in [-0.15, -0.1) is 6.58 Å². The molecule has 2 aromatic carbocycles. The Morgan fingerprint density at radius 2 is 1.88 bits per heavy atom. The summed E-state index contributed by atoms with van der Waals surface area (Å²) in [5.74, 6) is -0.579. The van der Waals surface area contributed by atoms with Gasteiger partial charge in [0.15, 0.2) is 0 Å². The SMILES string of the molecule is C=CCN(c1cc(C(=O)OC)ccc1Cl)S(=O)(=O)c1ccc(C)cc1. The predicted octanol–water partition coefficient (Wildman–Crippen LogP) is 3.82. The van der Waals surface area contributed by atoms with Crippen LogP contribution in [0.25, 0.3) is 0 Å². The van der Waals surface area contributed by atoms with Crippen molar-refractivity contribution in [3.63, 3.8) is 0 Å². The maximum Gasteiger partial charge on any atom is 0.337 e. The Hall–Kier alpha value is -2.31. The van der Waals surface area contributed by atoms with Gasteiger partial charge < -0.3 is 4.74 Å². The molecule has 2 aromatic rings. The highest BCUT2D eigenvalue weighted by atomic mass is 35.5. The minimum Gasteiger partial charge on any atom is -0.465 e. The van der Waals surface area contributed by atoms with Gasteiger partial charge in [-0.2, -0.15) is 0 Å². The van der Waals surface area contributed by atoms with Crippen molar-refractivity contribution in [3.8, 4) is 0 Å². The number of benzene rings is 2. The number of hydrogen-bond donors (Lipinski definition) is 0. The molecule has 7 heteroatoms. The van der Waals surface area contributed by atoms with Crippen LogP contribution in [0.5, 0.6) is 0 Å². The van der Waals surface area contributed by atoms with E-state index in [1.165, 1.54) is 43.5 Å². The van der Waals surface area contributed by atoms with Gasteiger partial charge in [0.25, 0.3) is 10.0 Å². The molecule has 0 aliphatic carbocycles. The zero-order chi connectivity index (χ0) is 18.6. The molecule has 0 atom stereocenters. The smallest absolute Gasteiger partial charge is 0.337 e. The van der Waals surface area contributed by atoms with Crippen molar-refractivity contribution in [2.24, 2.45) is 0 Å². The second kappa shape index (κ2) is 7.72. The Morgan fingerprint density at radius 1 is 1.24 bits per heavy atom. The normalized spacial score (nSPS) is 11.0. The van der Waals surface area contributed by atoms with Crippen molar-refractivity contribution in [1.82, 2.24) is 0 Å². The van der Waals surface area contributed by atoms with Crippen molar-refractivity contribution in [3.05, 3.63) is 71.3 Å². The third kappa shape index (κ3) is 4.03. The predicted molar refractivity (Wildman–Crippen MR) is 98.7 cm³/mol. The third-order valence-corrected chi connectivity index (χ3v) is 5.65. The molecule has 0 unspecified atom stereocenters. The summed E-state index contributed by atoms with van der Waals surface area (Å²) in [6.45, 7) is 5.48. The molecule has 132 valence electrons. The summed E-state index contributed by atoms with van der Waals surface area (Å²) in [7, 11) is -2.63. The largest absolute Gasteiger partial charge is 0.465 e. The van der Waals surface area contributed by atoms with Gasteiger partial charge in [0, 0.05) is 0 Å². The lowest BCUT2D eigenvalue weighted by atomic mass is 10.2. The number of carbonyl (C=O) groups excluding carboxylic acids is 1. The molecular formula is C18H18ClNO4S. The number of esters is 1. The summed E-state index contributed by atoms with van der Waals surface area (Å²) in [4.78, 5) is 11.9. The summed E-state index contributed by atoms with van der Waals surface area (Å²) in [5.41, 5.74) is 1.33. The molecule has 0 N–H and O–H groups in total. The van der Waals surface area contributed by atoms with Gasteiger partial charge >= 0.3 is 5.97 Å². The molecule has 0 saturated heterocycles. The number of methoxy groups -OCH3 is 1. The molecule has 0 radical (unpaired) electrons. The van der Waals surface area contributed by atoms with Gasteiger partial charge in [-0.05, 0) is 37.3 Å². The van der Waals surface area contributed by atoms with E-state index in [9.17, 15) is 13.2 Å². The molecule has 0 amide bonds. The number of halogens is 1. The number of anilines is 1. The van der Waals surface area contributed by atoms with E-state index in [2.05, 4.69) is 11.3 Å². The topological polar surface area (TPSA) is 63.7 Å².